The number of hydrogen-bond donors (Lipinski definition) is 0. The lowest BCUT2D eigenvalue weighted by molar-refractivity contribution is -0.147. The average molecular weight is 202 g/mol. The van der Waals surface area contributed by atoms with Crippen molar-refractivity contribution < 1.29 is 14.3 Å². The second-order valence-corrected chi connectivity index (χ2v) is 3.04. The van der Waals surface area contributed by atoms with Crippen LogP contribution in [0, 0.1) is 0 Å². The van der Waals surface area contributed by atoms with Crippen LogP contribution in [-0.4, -0.2) is 35.5 Å². The van der Waals surface area contributed by atoms with Gasteiger partial charge in [0, 0.05) is 0 Å². The van der Waals surface area contributed by atoms with E-state index in [1.807, 2.05) is 13.8 Å². The summed E-state index contributed by atoms with van der Waals surface area (Å²) in [5, 5.41) is 0. The molecule has 0 unspecified atom stereocenters. The molecular formula is C9H19AlO3. The average Bonchev–Trinajstić information content (AvgIpc) is 1.84. The van der Waals surface area contributed by atoms with Gasteiger partial charge in [0.1, 0.15) is 0 Å². The Morgan fingerprint density at radius 3 is 1.77 bits per heavy atom. The summed E-state index contributed by atoms with van der Waals surface area (Å²) in [5.74, 6) is -0.419. The second-order valence-electron chi connectivity index (χ2n) is 3.04. The maximum Gasteiger partial charge on any atom is 0.373 e. The molecule has 0 radical (unpaired) electrons. The molecular weight excluding hydrogens is 183 g/mol. The van der Waals surface area contributed by atoms with Crippen molar-refractivity contribution in [1.82, 2.24) is 0 Å². The molecule has 0 aliphatic rings. The molecule has 0 spiro atoms. The van der Waals surface area contributed by atoms with E-state index >= 15 is 0 Å². The van der Waals surface area contributed by atoms with Crippen molar-refractivity contribution in [2.24, 2.45) is 0 Å². The molecule has 13 heavy (non-hydrogen) atoms. The molecule has 0 aromatic heterocycles. The SMILES string of the molecule is C=C(OC(C)C)C(=O)OC(C)C.[AlH3]. The molecule has 0 atom stereocenters. The van der Waals surface area contributed by atoms with E-state index in [0.717, 1.165) is 0 Å². The van der Waals surface area contributed by atoms with Gasteiger partial charge in [-0.2, -0.15) is 0 Å². The van der Waals surface area contributed by atoms with E-state index in [0.29, 0.717) is 0 Å². The van der Waals surface area contributed by atoms with E-state index in [1.165, 1.54) is 0 Å². The predicted octanol–water partition coefficient (Wildman–Crippen LogP) is 0.693. The molecule has 76 valence electrons. The number of rotatable bonds is 4. The fourth-order valence-corrected chi connectivity index (χ4v) is 0.612. The molecule has 3 nitrogen and oxygen atoms in total. The first kappa shape index (κ1) is 15.0. The topological polar surface area (TPSA) is 35.5 Å². The van der Waals surface area contributed by atoms with Crippen LogP contribution in [-0.2, 0) is 14.3 Å². The summed E-state index contributed by atoms with van der Waals surface area (Å²) < 4.78 is 9.89. The third-order valence-electron chi connectivity index (χ3n) is 0.948. The van der Waals surface area contributed by atoms with Crippen LogP contribution in [0.15, 0.2) is 12.3 Å². The largest absolute Gasteiger partial charge is 0.484 e. The third-order valence-corrected chi connectivity index (χ3v) is 0.948. The minimum absolute atomic E-state index is 0. The fraction of sp³-hybridized carbons (Fsp3) is 0.667. The minimum Gasteiger partial charge on any atom is -0.484 e. The minimum atomic E-state index is -0.487. The van der Waals surface area contributed by atoms with Crippen LogP contribution in [0.5, 0.6) is 0 Å². The van der Waals surface area contributed by atoms with Crippen LogP contribution >= 0.6 is 0 Å². The van der Waals surface area contributed by atoms with Gasteiger partial charge in [-0.15, -0.1) is 0 Å². The molecule has 0 aromatic rings. The summed E-state index contributed by atoms with van der Waals surface area (Å²) >= 11 is 0. The first-order valence-electron chi connectivity index (χ1n) is 4.00. The first-order chi connectivity index (χ1) is 5.43. The molecule has 0 fully saturated rings. The van der Waals surface area contributed by atoms with Gasteiger partial charge in [-0.25, -0.2) is 4.79 Å². The highest BCUT2D eigenvalue weighted by molar-refractivity contribution is 5.85. The van der Waals surface area contributed by atoms with Gasteiger partial charge < -0.3 is 9.47 Å². The van der Waals surface area contributed by atoms with Crippen LogP contribution < -0.4 is 0 Å². The Morgan fingerprint density at radius 2 is 1.46 bits per heavy atom. The lowest BCUT2D eigenvalue weighted by Crippen LogP contribution is -2.16. The van der Waals surface area contributed by atoms with Crippen LogP contribution in [0.4, 0.5) is 0 Å². The number of hydrogen-bond acceptors (Lipinski definition) is 3. The van der Waals surface area contributed by atoms with Crippen molar-refractivity contribution in [2.75, 3.05) is 0 Å². The van der Waals surface area contributed by atoms with Crippen LogP contribution in [0.1, 0.15) is 27.7 Å². The number of carbonyl (C=O) groups excluding carboxylic acids is 1. The van der Waals surface area contributed by atoms with Gasteiger partial charge in [0.05, 0.1) is 12.2 Å². The molecule has 4 heteroatoms. The zero-order valence-electron chi connectivity index (χ0n) is 8.09. The fourth-order valence-electron chi connectivity index (χ4n) is 0.612. The highest BCUT2D eigenvalue weighted by Gasteiger charge is 2.12. The van der Waals surface area contributed by atoms with E-state index < -0.39 is 5.97 Å². The quantitative estimate of drug-likeness (QED) is 0.291. The Hall–Kier alpha value is -0.458. The standard InChI is InChI=1S/C9H16O3.Al.3H/c1-6(2)11-8(5)9(10)12-7(3)4;;;;/h6-7H,5H2,1-4H3;;;;. The van der Waals surface area contributed by atoms with Gasteiger partial charge >= 0.3 is 5.97 Å². The van der Waals surface area contributed by atoms with Crippen LogP contribution in [0.3, 0.4) is 0 Å². The van der Waals surface area contributed by atoms with E-state index in [-0.39, 0.29) is 35.3 Å². The van der Waals surface area contributed by atoms with Crippen molar-refractivity contribution in [3.63, 3.8) is 0 Å². The summed E-state index contributed by atoms with van der Waals surface area (Å²) in [4.78, 5) is 11.0. The Balaban J connectivity index is 0. The van der Waals surface area contributed by atoms with Crippen molar-refractivity contribution in [3.05, 3.63) is 12.3 Å². The predicted molar refractivity (Wildman–Crippen MR) is 56.5 cm³/mol. The van der Waals surface area contributed by atoms with Crippen molar-refractivity contribution in [2.45, 2.75) is 39.9 Å². The Kier molecular flexibility index (Phi) is 8.09. The van der Waals surface area contributed by atoms with Crippen molar-refractivity contribution >= 4 is 23.3 Å². The van der Waals surface area contributed by atoms with Crippen LogP contribution in [0.2, 0.25) is 0 Å². The Labute approximate surface area is 90.2 Å². The maximum absolute atomic E-state index is 11.0. The molecule has 0 saturated heterocycles. The van der Waals surface area contributed by atoms with Gasteiger partial charge in [0.2, 0.25) is 0 Å². The van der Waals surface area contributed by atoms with Crippen LogP contribution in [0.25, 0.3) is 0 Å². The summed E-state index contributed by atoms with van der Waals surface area (Å²) in [5.41, 5.74) is 0. The molecule has 0 aliphatic carbocycles. The lowest BCUT2D eigenvalue weighted by Gasteiger charge is -2.13. The summed E-state index contributed by atoms with van der Waals surface area (Å²) in [6.07, 6.45) is -0.178. The summed E-state index contributed by atoms with van der Waals surface area (Å²) in [7, 11) is 0. The zero-order valence-corrected chi connectivity index (χ0v) is 8.09. The number of ether oxygens (including phenoxy) is 2. The second kappa shape index (κ2) is 6.99. The summed E-state index contributed by atoms with van der Waals surface area (Å²) in [6.45, 7) is 10.7. The third kappa shape index (κ3) is 7.89. The molecule has 0 saturated carbocycles. The van der Waals surface area contributed by atoms with Crippen molar-refractivity contribution in [3.8, 4) is 0 Å². The molecule has 0 aromatic carbocycles. The molecule has 0 amide bonds. The highest BCUT2D eigenvalue weighted by atomic mass is 27.0. The number of esters is 1. The molecule has 0 heterocycles. The normalized spacial score (nSPS) is 9.38. The van der Waals surface area contributed by atoms with Gasteiger partial charge in [-0.1, -0.05) is 0 Å². The Bertz CT molecular complexity index is 156. The van der Waals surface area contributed by atoms with Gasteiger partial charge in [0.25, 0.3) is 0 Å². The first-order valence-corrected chi connectivity index (χ1v) is 4.00. The highest BCUT2D eigenvalue weighted by Crippen LogP contribution is 2.03. The molecule has 0 bridgehead atoms. The van der Waals surface area contributed by atoms with Gasteiger partial charge in [0.15, 0.2) is 23.1 Å². The van der Waals surface area contributed by atoms with Gasteiger partial charge in [-0.05, 0) is 34.3 Å². The van der Waals surface area contributed by atoms with E-state index in [4.69, 9.17) is 9.47 Å². The summed E-state index contributed by atoms with van der Waals surface area (Å²) in [6, 6.07) is 0. The van der Waals surface area contributed by atoms with Crippen molar-refractivity contribution in [1.29, 1.82) is 0 Å². The maximum atomic E-state index is 11.0. The Morgan fingerprint density at radius 1 is 1.08 bits per heavy atom. The molecule has 0 rings (SSSR count). The monoisotopic (exact) mass is 202 g/mol. The molecule has 0 N–H and O–H groups in total. The zero-order chi connectivity index (χ0) is 9.72. The molecule has 0 aliphatic heterocycles. The number of carbonyl (C=O) groups is 1. The smallest absolute Gasteiger partial charge is 0.373 e. The van der Waals surface area contributed by atoms with E-state index in [1.54, 1.807) is 13.8 Å². The van der Waals surface area contributed by atoms with Gasteiger partial charge in [-0.3, -0.25) is 0 Å². The lowest BCUT2D eigenvalue weighted by atomic mass is 10.4. The van der Waals surface area contributed by atoms with E-state index in [2.05, 4.69) is 6.58 Å². The van der Waals surface area contributed by atoms with E-state index in [9.17, 15) is 4.79 Å².